The van der Waals surface area contributed by atoms with Gasteiger partial charge in [-0.05, 0) is 43.5 Å². The molecule has 0 radical (unpaired) electrons. The molecule has 34 heavy (non-hydrogen) atoms. The van der Waals surface area contributed by atoms with Crippen molar-refractivity contribution in [1.29, 1.82) is 0 Å². The number of nitrogens with zero attached hydrogens (tertiary/aromatic N) is 6. The van der Waals surface area contributed by atoms with Gasteiger partial charge in [-0.3, -0.25) is 14.9 Å². The molecule has 5 rings (SSSR count). The first-order chi connectivity index (χ1) is 16.4. The van der Waals surface area contributed by atoms with Gasteiger partial charge >= 0.3 is 0 Å². The van der Waals surface area contributed by atoms with Crippen LogP contribution in [-0.4, -0.2) is 43.7 Å². The highest BCUT2D eigenvalue weighted by Gasteiger charge is 2.24. The largest absolute Gasteiger partial charge is 0.366 e. The van der Waals surface area contributed by atoms with E-state index in [4.69, 9.17) is 0 Å². The van der Waals surface area contributed by atoms with E-state index in [2.05, 4.69) is 20.6 Å². The van der Waals surface area contributed by atoms with Crippen LogP contribution in [0.25, 0.3) is 15.5 Å². The summed E-state index contributed by atoms with van der Waals surface area (Å²) in [6, 6.07) is 10.4. The van der Waals surface area contributed by atoms with Gasteiger partial charge in [0, 0.05) is 42.4 Å². The molecule has 1 aliphatic rings. The molecule has 4 aromatic rings. The summed E-state index contributed by atoms with van der Waals surface area (Å²) in [5, 5.41) is 28.3. The molecule has 0 unspecified atom stereocenters. The Hall–Kier alpha value is -3.86. The van der Waals surface area contributed by atoms with Crippen molar-refractivity contribution in [2.24, 2.45) is 0 Å². The minimum absolute atomic E-state index is 0.0495. The quantitative estimate of drug-likeness (QED) is 0.321. The average molecular weight is 478 g/mol. The number of amides is 1. The number of fused-ring (bicyclic) bond motifs is 1. The van der Waals surface area contributed by atoms with Gasteiger partial charge in [0.25, 0.3) is 11.6 Å². The Labute approximate surface area is 199 Å². The van der Waals surface area contributed by atoms with E-state index in [0.717, 1.165) is 54.3 Å². The topological polar surface area (TPSA) is 119 Å². The van der Waals surface area contributed by atoms with Crippen LogP contribution in [0.3, 0.4) is 0 Å². The smallest absolute Gasteiger partial charge is 0.293 e. The zero-order chi connectivity index (χ0) is 23.8. The van der Waals surface area contributed by atoms with Gasteiger partial charge in [0.15, 0.2) is 5.82 Å². The SMILES string of the molecule is CCc1nnc2sc(-c3ccc(C)c(NC(=O)c4ccc(N5CCCC5)c([N+](=O)[O-])c4)c3)nn12. The number of carbonyl (C=O) groups is 1. The molecule has 0 spiro atoms. The first-order valence-electron chi connectivity index (χ1n) is 11.1. The van der Waals surface area contributed by atoms with Crippen molar-refractivity contribution < 1.29 is 9.72 Å². The van der Waals surface area contributed by atoms with Crippen LogP contribution in [0.5, 0.6) is 0 Å². The van der Waals surface area contributed by atoms with E-state index in [1.807, 2.05) is 36.9 Å². The number of nitrogens with one attached hydrogen (secondary N) is 1. The molecule has 1 fully saturated rings. The number of anilines is 2. The number of benzene rings is 2. The lowest BCUT2D eigenvalue weighted by atomic mass is 10.1. The Morgan fingerprint density at radius 3 is 2.71 bits per heavy atom. The minimum atomic E-state index is -0.422. The molecule has 0 atom stereocenters. The third-order valence-electron chi connectivity index (χ3n) is 5.99. The summed E-state index contributed by atoms with van der Waals surface area (Å²) in [6.45, 7) is 5.47. The van der Waals surface area contributed by atoms with E-state index in [1.165, 1.54) is 17.4 Å². The van der Waals surface area contributed by atoms with Gasteiger partial charge in [-0.2, -0.15) is 9.61 Å². The van der Waals surface area contributed by atoms with Crippen LogP contribution < -0.4 is 10.2 Å². The van der Waals surface area contributed by atoms with E-state index in [0.29, 0.717) is 16.3 Å². The van der Waals surface area contributed by atoms with Crippen LogP contribution in [0.2, 0.25) is 0 Å². The third-order valence-corrected chi connectivity index (χ3v) is 6.93. The van der Waals surface area contributed by atoms with E-state index in [-0.39, 0.29) is 11.3 Å². The van der Waals surface area contributed by atoms with Crippen molar-refractivity contribution in [2.75, 3.05) is 23.3 Å². The predicted octanol–water partition coefficient (Wildman–Crippen LogP) is 4.48. The maximum atomic E-state index is 13.0. The summed E-state index contributed by atoms with van der Waals surface area (Å²) in [4.78, 5) is 27.0. The number of hydrogen-bond donors (Lipinski definition) is 1. The summed E-state index contributed by atoms with van der Waals surface area (Å²) in [7, 11) is 0. The molecule has 2 aromatic carbocycles. The van der Waals surface area contributed by atoms with Gasteiger partial charge in [-0.1, -0.05) is 30.4 Å². The Kier molecular flexibility index (Phi) is 5.70. The Morgan fingerprint density at radius 1 is 1.18 bits per heavy atom. The molecule has 174 valence electrons. The number of nitro benzene ring substituents is 1. The Bertz CT molecular complexity index is 1410. The molecule has 1 N–H and O–H groups in total. The van der Waals surface area contributed by atoms with Crippen molar-refractivity contribution in [3.8, 4) is 10.6 Å². The fraction of sp³-hybridized carbons (Fsp3) is 0.304. The van der Waals surface area contributed by atoms with E-state index in [1.54, 1.807) is 16.6 Å². The molecule has 11 heteroatoms. The van der Waals surface area contributed by atoms with E-state index >= 15 is 0 Å². The van der Waals surface area contributed by atoms with Gasteiger partial charge in [-0.25, -0.2) is 0 Å². The van der Waals surface area contributed by atoms with Gasteiger partial charge in [-0.15, -0.1) is 10.2 Å². The molecule has 3 heterocycles. The molecule has 10 nitrogen and oxygen atoms in total. The van der Waals surface area contributed by atoms with Crippen LogP contribution >= 0.6 is 11.3 Å². The van der Waals surface area contributed by atoms with Crippen molar-refractivity contribution in [3.63, 3.8) is 0 Å². The minimum Gasteiger partial charge on any atom is -0.366 e. The zero-order valence-electron chi connectivity index (χ0n) is 18.8. The molecule has 0 bridgehead atoms. The zero-order valence-corrected chi connectivity index (χ0v) is 19.6. The molecular formula is C23H23N7O3S. The Balaban J connectivity index is 1.42. The highest BCUT2D eigenvalue weighted by atomic mass is 32.1. The molecular weight excluding hydrogens is 454 g/mol. The summed E-state index contributed by atoms with van der Waals surface area (Å²) < 4.78 is 1.74. The van der Waals surface area contributed by atoms with Crippen LogP contribution in [0.4, 0.5) is 17.1 Å². The third kappa shape index (κ3) is 3.98. The first kappa shape index (κ1) is 22.0. The lowest BCUT2D eigenvalue weighted by molar-refractivity contribution is -0.384. The molecule has 1 amide bonds. The van der Waals surface area contributed by atoms with Gasteiger partial charge in [0.1, 0.15) is 10.7 Å². The summed E-state index contributed by atoms with van der Waals surface area (Å²) in [5.41, 5.74) is 3.09. The lowest BCUT2D eigenvalue weighted by Crippen LogP contribution is -2.20. The van der Waals surface area contributed by atoms with Crippen molar-refractivity contribution in [2.45, 2.75) is 33.1 Å². The van der Waals surface area contributed by atoms with Gasteiger partial charge < -0.3 is 10.2 Å². The monoisotopic (exact) mass is 477 g/mol. The second-order valence-corrected chi connectivity index (χ2v) is 9.17. The first-order valence-corrected chi connectivity index (χ1v) is 11.9. The molecule has 0 aliphatic carbocycles. The lowest BCUT2D eigenvalue weighted by Gasteiger charge is -2.18. The standard InChI is InChI=1S/C23H23N7O3S/c1-3-20-25-26-23-29(20)27-22(34-23)16-7-6-14(2)17(12-16)24-21(31)15-8-9-18(19(13-15)30(32)33)28-10-4-5-11-28/h6-9,12-13H,3-5,10-11H2,1-2H3,(H,24,31). The fourth-order valence-electron chi connectivity index (χ4n) is 4.12. The maximum absolute atomic E-state index is 13.0. The van der Waals surface area contributed by atoms with Crippen LogP contribution in [-0.2, 0) is 6.42 Å². The predicted molar refractivity (Wildman–Crippen MR) is 131 cm³/mol. The van der Waals surface area contributed by atoms with Crippen molar-refractivity contribution in [1.82, 2.24) is 19.8 Å². The number of rotatable bonds is 6. The average Bonchev–Trinajstić information content (AvgIpc) is 3.57. The number of hydrogen-bond acceptors (Lipinski definition) is 8. The summed E-state index contributed by atoms with van der Waals surface area (Å²) in [5.74, 6) is 0.389. The second-order valence-electron chi connectivity index (χ2n) is 8.21. The van der Waals surface area contributed by atoms with Crippen molar-refractivity contribution in [3.05, 3.63) is 63.5 Å². The van der Waals surface area contributed by atoms with Gasteiger partial charge in [0.2, 0.25) is 4.96 Å². The van der Waals surface area contributed by atoms with Crippen LogP contribution in [0, 0.1) is 17.0 Å². The maximum Gasteiger partial charge on any atom is 0.293 e. The van der Waals surface area contributed by atoms with E-state index < -0.39 is 10.8 Å². The molecule has 1 aliphatic heterocycles. The normalized spacial score (nSPS) is 13.5. The van der Waals surface area contributed by atoms with Crippen LogP contribution in [0.15, 0.2) is 36.4 Å². The number of carbonyl (C=O) groups excluding carboxylic acids is 1. The highest BCUT2D eigenvalue weighted by Crippen LogP contribution is 2.33. The summed E-state index contributed by atoms with van der Waals surface area (Å²) >= 11 is 1.42. The number of aryl methyl sites for hydroxylation is 2. The van der Waals surface area contributed by atoms with Crippen molar-refractivity contribution >= 4 is 39.3 Å². The number of nitro groups is 1. The highest BCUT2D eigenvalue weighted by molar-refractivity contribution is 7.19. The molecule has 1 saturated heterocycles. The molecule has 2 aromatic heterocycles. The summed E-state index contributed by atoms with van der Waals surface area (Å²) in [6.07, 6.45) is 2.74. The molecule has 0 saturated carbocycles. The Morgan fingerprint density at radius 2 is 1.97 bits per heavy atom. The fourth-order valence-corrected chi connectivity index (χ4v) is 4.97. The second kappa shape index (κ2) is 8.82. The van der Waals surface area contributed by atoms with Gasteiger partial charge in [0.05, 0.1) is 4.92 Å². The van der Waals surface area contributed by atoms with E-state index in [9.17, 15) is 14.9 Å². The van der Waals surface area contributed by atoms with Crippen LogP contribution in [0.1, 0.15) is 41.5 Å². The number of aromatic nitrogens is 4.